The standard InChI is InChI=1S/C8H9BrN2O/c1-2-12-4-3-7-5-11-8(9)6-10-7/h3-6H,2H2,1H3. The molecular weight excluding hydrogens is 220 g/mol. The molecule has 3 nitrogen and oxygen atoms in total. The van der Waals surface area contributed by atoms with Crippen molar-refractivity contribution in [2.75, 3.05) is 6.61 Å². The summed E-state index contributed by atoms with van der Waals surface area (Å²) in [5.74, 6) is 0. The van der Waals surface area contributed by atoms with Crippen molar-refractivity contribution in [3.8, 4) is 0 Å². The van der Waals surface area contributed by atoms with Crippen molar-refractivity contribution in [3.63, 3.8) is 0 Å². The van der Waals surface area contributed by atoms with Gasteiger partial charge in [0.05, 0.1) is 31.0 Å². The molecule has 4 heteroatoms. The van der Waals surface area contributed by atoms with Crippen molar-refractivity contribution in [2.45, 2.75) is 6.92 Å². The Morgan fingerprint density at radius 2 is 2.33 bits per heavy atom. The Balaban J connectivity index is 2.58. The summed E-state index contributed by atoms with van der Waals surface area (Å²) in [4.78, 5) is 8.08. The van der Waals surface area contributed by atoms with Crippen LogP contribution in [0.15, 0.2) is 23.3 Å². The van der Waals surface area contributed by atoms with Gasteiger partial charge in [-0.15, -0.1) is 0 Å². The Morgan fingerprint density at radius 1 is 1.50 bits per heavy atom. The molecule has 0 amide bonds. The van der Waals surface area contributed by atoms with Gasteiger partial charge in [-0.1, -0.05) is 0 Å². The van der Waals surface area contributed by atoms with Crippen LogP contribution in [-0.2, 0) is 4.74 Å². The SMILES string of the molecule is CCOC=Cc1cnc(Br)cn1. The molecule has 12 heavy (non-hydrogen) atoms. The van der Waals surface area contributed by atoms with Crippen LogP contribution in [0.1, 0.15) is 12.6 Å². The minimum Gasteiger partial charge on any atom is -0.501 e. The summed E-state index contributed by atoms with van der Waals surface area (Å²) in [5, 5.41) is 0. The lowest BCUT2D eigenvalue weighted by Gasteiger charge is -1.93. The normalized spacial score (nSPS) is 10.5. The fourth-order valence-corrected chi connectivity index (χ4v) is 0.827. The van der Waals surface area contributed by atoms with E-state index in [1.54, 1.807) is 24.7 Å². The maximum atomic E-state index is 5.01. The summed E-state index contributed by atoms with van der Waals surface area (Å²) in [6.07, 6.45) is 6.69. The summed E-state index contributed by atoms with van der Waals surface area (Å²) in [6, 6.07) is 0. The quantitative estimate of drug-likeness (QED) is 0.745. The molecular formula is C8H9BrN2O. The number of rotatable bonds is 3. The van der Waals surface area contributed by atoms with Crippen molar-refractivity contribution in [1.29, 1.82) is 0 Å². The van der Waals surface area contributed by atoms with E-state index in [9.17, 15) is 0 Å². The lowest BCUT2D eigenvalue weighted by Crippen LogP contribution is -1.84. The molecule has 0 radical (unpaired) electrons. The maximum Gasteiger partial charge on any atom is 0.124 e. The van der Waals surface area contributed by atoms with Gasteiger partial charge in [0.25, 0.3) is 0 Å². The molecule has 0 atom stereocenters. The van der Waals surface area contributed by atoms with Crippen molar-refractivity contribution >= 4 is 22.0 Å². The van der Waals surface area contributed by atoms with Gasteiger partial charge in [0.2, 0.25) is 0 Å². The smallest absolute Gasteiger partial charge is 0.124 e. The molecule has 1 rings (SSSR count). The molecule has 0 bridgehead atoms. The van der Waals surface area contributed by atoms with Crippen LogP contribution in [0.5, 0.6) is 0 Å². The molecule has 1 aromatic rings. The van der Waals surface area contributed by atoms with Crippen LogP contribution in [0, 0.1) is 0 Å². The molecule has 0 aliphatic heterocycles. The summed E-state index contributed by atoms with van der Waals surface area (Å²) in [5.41, 5.74) is 0.784. The predicted molar refractivity (Wildman–Crippen MR) is 50.4 cm³/mol. The highest BCUT2D eigenvalue weighted by atomic mass is 79.9. The maximum absolute atomic E-state index is 5.01. The van der Waals surface area contributed by atoms with E-state index < -0.39 is 0 Å². The average Bonchev–Trinajstić information content (AvgIpc) is 2.09. The molecule has 0 saturated carbocycles. The van der Waals surface area contributed by atoms with Gasteiger partial charge in [-0.05, 0) is 28.9 Å². The third-order valence-electron chi connectivity index (χ3n) is 1.14. The van der Waals surface area contributed by atoms with Crippen LogP contribution < -0.4 is 0 Å². The van der Waals surface area contributed by atoms with E-state index >= 15 is 0 Å². The fourth-order valence-electron chi connectivity index (χ4n) is 0.622. The largest absolute Gasteiger partial charge is 0.501 e. The summed E-state index contributed by atoms with van der Waals surface area (Å²) < 4.78 is 5.74. The van der Waals surface area contributed by atoms with Crippen LogP contribution in [-0.4, -0.2) is 16.6 Å². The van der Waals surface area contributed by atoms with Gasteiger partial charge in [0.1, 0.15) is 4.60 Å². The van der Waals surface area contributed by atoms with Crippen LogP contribution >= 0.6 is 15.9 Å². The van der Waals surface area contributed by atoms with Gasteiger partial charge in [0, 0.05) is 0 Å². The summed E-state index contributed by atoms with van der Waals surface area (Å²) >= 11 is 3.20. The molecule has 0 aliphatic rings. The Morgan fingerprint density at radius 3 is 2.92 bits per heavy atom. The highest BCUT2D eigenvalue weighted by molar-refractivity contribution is 9.10. The third-order valence-corrected chi connectivity index (χ3v) is 1.55. The highest BCUT2D eigenvalue weighted by Gasteiger charge is 1.88. The van der Waals surface area contributed by atoms with Gasteiger partial charge in [-0.3, -0.25) is 4.98 Å². The summed E-state index contributed by atoms with van der Waals surface area (Å²) in [6.45, 7) is 2.60. The highest BCUT2D eigenvalue weighted by Crippen LogP contribution is 2.03. The van der Waals surface area contributed by atoms with Crippen LogP contribution in [0.25, 0.3) is 6.08 Å². The first-order valence-electron chi connectivity index (χ1n) is 3.58. The second kappa shape index (κ2) is 4.87. The zero-order valence-electron chi connectivity index (χ0n) is 6.70. The first kappa shape index (κ1) is 9.19. The van der Waals surface area contributed by atoms with E-state index in [1.807, 2.05) is 6.92 Å². The zero-order valence-corrected chi connectivity index (χ0v) is 8.28. The van der Waals surface area contributed by atoms with Gasteiger partial charge < -0.3 is 4.74 Å². The average molecular weight is 229 g/mol. The van der Waals surface area contributed by atoms with E-state index in [2.05, 4.69) is 25.9 Å². The first-order chi connectivity index (χ1) is 5.83. The minimum absolute atomic E-state index is 0.667. The number of ether oxygens (including phenoxy) is 1. The molecule has 0 N–H and O–H groups in total. The zero-order chi connectivity index (χ0) is 8.81. The molecule has 64 valence electrons. The molecule has 0 saturated heterocycles. The molecule has 1 aromatic heterocycles. The number of aromatic nitrogens is 2. The van der Waals surface area contributed by atoms with Gasteiger partial charge in [-0.25, -0.2) is 4.98 Å². The number of hydrogen-bond donors (Lipinski definition) is 0. The van der Waals surface area contributed by atoms with Crippen LogP contribution in [0.3, 0.4) is 0 Å². The van der Waals surface area contributed by atoms with E-state index in [0.29, 0.717) is 6.61 Å². The van der Waals surface area contributed by atoms with Crippen molar-refractivity contribution < 1.29 is 4.74 Å². The Hall–Kier alpha value is -0.900. The Labute approximate surface area is 79.6 Å². The second-order valence-electron chi connectivity index (χ2n) is 2.02. The van der Waals surface area contributed by atoms with E-state index in [-0.39, 0.29) is 0 Å². The Bertz CT molecular complexity index is 258. The molecule has 1 heterocycles. The first-order valence-corrected chi connectivity index (χ1v) is 4.38. The molecule has 0 fully saturated rings. The van der Waals surface area contributed by atoms with Gasteiger partial charge >= 0.3 is 0 Å². The summed E-state index contributed by atoms with van der Waals surface area (Å²) in [7, 11) is 0. The van der Waals surface area contributed by atoms with Gasteiger partial charge in [-0.2, -0.15) is 0 Å². The van der Waals surface area contributed by atoms with E-state index in [4.69, 9.17) is 4.74 Å². The molecule has 0 aliphatic carbocycles. The molecule has 0 unspecified atom stereocenters. The van der Waals surface area contributed by atoms with Crippen LogP contribution in [0.2, 0.25) is 0 Å². The van der Waals surface area contributed by atoms with Gasteiger partial charge in [0.15, 0.2) is 0 Å². The number of halogens is 1. The lowest BCUT2D eigenvalue weighted by atomic mass is 10.4. The third kappa shape index (κ3) is 3.00. The van der Waals surface area contributed by atoms with Crippen molar-refractivity contribution in [1.82, 2.24) is 9.97 Å². The molecule has 0 aromatic carbocycles. The minimum atomic E-state index is 0.667. The lowest BCUT2D eigenvalue weighted by molar-refractivity contribution is 0.272. The second-order valence-corrected chi connectivity index (χ2v) is 2.83. The number of nitrogens with zero attached hydrogens (tertiary/aromatic N) is 2. The predicted octanol–water partition coefficient (Wildman–Crippen LogP) is 2.25. The van der Waals surface area contributed by atoms with Crippen molar-refractivity contribution in [3.05, 3.63) is 29.0 Å². The monoisotopic (exact) mass is 228 g/mol. The van der Waals surface area contributed by atoms with Crippen molar-refractivity contribution in [2.24, 2.45) is 0 Å². The van der Waals surface area contributed by atoms with E-state index in [0.717, 1.165) is 10.3 Å². The molecule has 0 spiro atoms. The topological polar surface area (TPSA) is 35.0 Å². The number of hydrogen-bond acceptors (Lipinski definition) is 3. The van der Waals surface area contributed by atoms with E-state index in [1.165, 1.54) is 0 Å². The Kier molecular flexibility index (Phi) is 3.73. The van der Waals surface area contributed by atoms with Crippen LogP contribution in [0.4, 0.5) is 0 Å². The fraction of sp³-hybridized carbons (Fsp3) is 0.250.